The van der Waals surface area contributed by atoms with Gasteiger partial charge in [0.05, 0.1) is 6.54 Å². The Morgan fingerprint density at radius 1 is 0.857 bits per heavy atom. The van der Waals surface area contributed by atoms with Crippen LogP contribution in [0.2, 0.25) is 0 Å². The summed E-state index contributed by atoms with van der Waals surface area (Å²) in [6.45, 7) is 7.31. The van der Waals surface area contributed by atoms with Crippen molar-refractivity contribution in [3.8, 4) is 0 Å². The molecule has 2 heterocycles. The van der Waals surface area contributed by atoms with E-state index in [1.165, 1.54) is 11.3 Å². The molecule has 2 aromatic rings. The van der Waals surface area contributed by atoms with Gasteiger partial charge in [-0.2, -0.15) is 0 Å². The summed E-state index contributed by atoms with van der Waals surface area (Å²) in [5, 5.41) is 3.25. The largest absolute Gasteiger partial charge is 0.369 e. The molecule has 1 atom stereocenters. The average molecular weight is 379 g/mol. The van der Waals surface area contributed by atoms with E-state index in [4.69, 9.17) is 0 Å². The Balaban J connectivity index is 1.17. The summed E-state index contributed by atoms with van der Waals surface area (Å²) in [6, 6.07) is 21.4. The molecule has 28 heavy (non-hydrogen) atoms. The third-order valence-electron chi connectivity index (χ3n) is 5.75. The summed E-state index contributed by atoms with van der Waals surface area (Å²) in [5.74, 6) is 0.166. The van der Waals surface area contributed by atoms with Crippen molar-refractivity contribution < 1.29 is 4.79 Å². The van der Waals surface area contributed by atoms with Gasteiger partial charge < -0.3 is 10.2 Å². The topological polar surface area (TPSA) is 38.8 Å². The van der Waals surface area contributed by atoms with E-state index in [1.807, 2.05) is 6.07 Å². The van der Waals surface area contributed by atoms with Crippen LogP contribution in [0, 0.1) is 0 Å². The van der Waals surface area contributed by atoms with Crippen LogP contribution in [0.4, 0.5) is 5.69 Å². The molecule has 2 aromatic carbocycles. The van der Waals surface area contributed by atoms with E-state index in [0.717, 1.165) is 52.2 Å². The minimum atomic E-state index is 0.166. The lowest BCUT2D eigenvalue weighted by atomic mass is 10.2. The Kier molecular flexibility index (Phi) is 6.24. The third-order valence-corrected chi connectivity index (χ3v) is 5.75. The zero-order valence-corrected chi connectivity index (χ0v) is 16.5. The molecule has 0 radical (unpaired) electrons. The lowest BCUT2D eigenvalue weighted by molar-refractivity contribution is -0.122. The highest BCUT2D eigenvalue weighted by Crippen LogP contribution is 2.16. The normalized spacial score (nSPS) is 21.0. The highest BCUT2D eigenvalue weighted by molar-refractivity contribution is 5.78. The van der Waals surface area contributed by atoms with Crippen LogP contribution in [0.25, 0.3) is 0 Å². The second-order valence-corrected chi connectivity index (χ2v) is 7.87. The van der Waals surface area contributed by atoms with Crippen molar-refractivity contribution in [1.29, 1.82) is 0 Å². The van der Waals surface area contributed by atoms with Crippen molar-refractivity contribution in [2.24, 2.45) is 0 Å². The fourth-order valence-electron chi connectivity index (χ4n) is 4.22. The van der Waals surface area contributed by atoms with Gasteiger partial charge in [-0.25, -0.2) is 0 Å². The van der Waals surface area contributed by atoms with Crippen LogP contribution >= 0.6 is 0 Å². The van der Waals surface area contributed by atoms with Gasteiger partial charge in [0.15, 0.2) is 0 Å². The standard InChI is InChI=1S/C23H30N4O/c28-23(19-25-13-15-27(16-14-25)22-9-5-2-6-10-22)24-21-11-12-26(18-21)17-20-7-3-1-4-8-20/h1-10,21H,11-19H2,(H,24,28)/t21-/m0/s1. The number of benzene rings is 2. The molecule has 2 saturated heterocycles. The maximum Gasteiger partial charge on any atom is 0.234 e. The van der Waals surface area contributed by atoms with E-state index >= 15 is 0 Å². The summed E-state index contributed by atoms with van der Waals surface area (Å²) >= 11 is 0. The van der Waals surface area contributed by atoms with E-state index in [9.17, 15) is 4.79 Å². The van der Waals surface area contributed by atoms with Crippen LogP contribution in [0.15, 0.2) is 60.7 Å². The molecule has 5 heteroatoms. The van der Waals surface area contributed by atoms with E-state index in [2.05, 4.69) is 74.6 Å². The fraction of sp³-hybridized carbons (Fsp3) is 0.435. The van der Waals surface area contributed by atoms with Crippen LogP contribution in [0.3, 0.4) is 0 Å². The van der Waals surface area contributed by atoms with Crippen LogP contribution in [0.5, 0.6) is 0 Å². The lowest BCUT2D eigenvalue weighted by Crippen LogP contribution is -2.50. The first kappa shape index (κ1) is 19.0. The number of amides is 1. The van der Waals surface area contributed by atoms with Crippen LogP contribution in [-0.4, -0.2) is 67.6 Å². The molecule has 0 bridgehead atoms. The van der Waals surface area contributed by atoms with Crippen molar-refractivity contribution in [3.05, 3.63) is 66.2 Å². The maximum absolute atomic E-state index is 12.5. The predicted octanol–water partition coefficient (Wildman–Crippen LogP) is 2.20. The van der Waals surface area contributed by atoms with Gasteiger partial charge in [0.25, 0.3) is 0 Å². The lowest BCUT2D eigenvalue weighted by Gasteiger charge is -2.35. The quantitative estimate of drug-likeness (QED) is 0.837. The van der Waals surface area contributed by atoms with Gasteiger partial charge in [-0.3, -0.25) is 14.6 Å². The summed E-state index contributed by atoms with van der Waals surface area (Å²) in [5.41, 5.74) is 2.61. The molecule has 0 unspecified atom stereocenters. The summed E-state index contributed by atoms with van der Waals surface area (Å²) < 4.78 is 0. The number of hydrogen-bond donors (Lipinski definition) is 1. The second kappa shape index (κ2) is 9.22. The summed E-state index contributed by atoms with van der Waals surface area (Å²) in [6.07, 6.45) is 1.04. The number of hydrogen-bond acceptors (Lipinski definition) is 4. The molecule has 0 aromatic heterocycles. The first-order chi connectivity index (χ1) is 13.8. The first-order valence-electron chi connectivity index (χ1n) is 10.3. The molecule has 1 amide bonds. The number of anilines is 1. The highest BCUT2D eigenvalue weighted by atomic mass is 16.2. The van der Waals surface area contributed by atoms with Gasteiger partial charge in [-0.15, -0.1) is 0 Å². The molecule has 148 valence electrons. The SMILES string of the molecule is O=C(CN1CCN(c2ccccc2)CC1)N[C@H]1CCN(Cc2ccccc2)C1. The second-order valence-electron chi connectivity index (χ2n) is 7.87. The number of carbonyl (C=O) groups is 1. The molecule has 0 spiro atoms. The molecule has 2 aliphatic heterocycles. The molecule has 1 N–H and O–H groups in total. The van der Waals surface area contributed by atoms with Crippen LogP contribution in [-0.2, 0) is 11.3 Å². The van der Waals surface area contributed by atoms with E-state index < -0.39 is 0 Å². The zero-order chi connectivity index (χ0) is 19.2. The summed E-state index contributed by atoms with van der Waals surface area (Å²) in [7, 11) is 0. The molecule has 5 nitrogen and oxygen atoms in total. The van der Waals surface area contributed by atoms with Crippen molar-refractivity contribution in [2.45, 2.75) is 19.0 Å². The Hall–Kier alpha value is -2.37. The first-order valence-corrected chi connectivity index (χ1v) is 10.3. The number of piperazine rings is 1. The number of nitrogens with one attached hydrogen (secondary N) is 1. The predicted molar refractivity (Wildman–Crippen MR) is 113 cm³/mol. The monoisotopic (exact) mass is 378 g/mol. The van der Waals surface area contributed by atoms with Gasteiger partial charge >= 0.3 is 0 Å². The maximum atomic E-state index is 12.5. The van der Waals surface area contributed by atoms with Gasteiger partial charge in [0.1, 0.15) is 0 Å². The highest BCUT2D eigenvalue weighted by Gasteiger charge is 2.25. The Morgan fingerprint density at radius 2 is 1.54 bits per heavy atom. The van der Waals surface area contributed by atoms with E-state index in [1.54, 1.807) is 0 Å². The Labute approximate surface area is 167 Å². The molecular weight excluding hydrogens is 348 g/mol. The van der Waals surface area contributed by atoms with Crippen molar-refractivity contribution in [3.63, 3.8) is 0 Å². The van der Waals surface area contributed by atoms with Gasteiger partial charge in [0, 0.05) is 57.5 Å². The number of carbonyl (C=O) groups excluding carboxylic acids is 1. The fourth-order valence-corrected chi connectivity index (χ4v) is 4.22. The third kappa shape index (κ3) is 5.12. The molecule has 4 rings (SSSR count). The Morgan fingerprint density at radius 3 is 2.25 bits per heavy atom. The average Bonchev–Trinajstić information content (AvgIpc) is 3.16. The number of nitrogens with zero attached hydrogens (tertiary/aromatic N) is 3. The van der Waals surface area contributed by atoms with Gasteiger partial charge in [-0.05, 0) is 24.1 Å². The minimum Gasteiger partial charge on any atom is -0.369 e. The van der Waals surface area contributed by atoms with E-state index in [0.29, 0.717) is 6.54 Å². The number of para-hydroxylation sites is 1. The molecule has 0 saturated carbocycles. The molecule has 2 fully saturated rings. The van der Waals surface area contributed by atoms with Gasteiger partial charge in [0.2, 0.25) is 5.91 Å². The van der Waals surface area contributed by atoms with Crippen LogP contribution in [0.1, 0.15) is 12.0 Å². The smallest absolute Gasteiger partial charge is 0.234 e. The number of rotatable bonds is 6. The Bertz CT molecular complexity index is 738. The number of likely N-dealkylation sites (tertiary alicyclic amines) is 1. The molecular formula is C23H30N4O. The van der Waals surface area contributed by atoms with Gasteiger partial charge in [-0.1, -0.05) is 48.5 Å². The van der Waals surface area contributed by atoms with Crippen molar-refractivity contribution >= 4 is 11.6 Å². The molecule has 0 aliphatic carbocycles. The van der Waals surface area contributed by atoms with Crippen molar-refractivity contribution in [2.75, 3.05) is 50.7 Å². The van der Waals surface area contributed by atoms with E-state index in [-0.39, 0.29) is 11.9 Å². The minimum absolute atomic E-state index is 0.166. The zero-order valence-electron chi connectivity index (χ0n) is 16.5. The van der Waals surface area contributed by atoms with Crippen molar-refractivity contribution in [1.82, 2.24) is 15.1 Å². The van der Waals surface area contributed by atoms with Crippen LogP contribution < -0.4 is 10.2 Å². The molecule has 2 aliphatic rings. The summed E-state index contributed by atoms with van der Waals surface area (Å²) in [4.78, 5) is 19.6.